The molecule has 2 aliphatic heterocycles. The summed E-state index contributed by atoms with van der Waals surface area (Å²) in [6.07, 6.45) is 1.59. The third-order valence-electron chi connectivity index (χ3n) is 9.39. The number of hydrogen-bond donors (Lipinski definition) is 3. The van der Waals surface area contributed by atoms with Crippen LogP contribution >= 0.6 is 11.6 Å². The zero-order chi connectivity index (χ0) is 38.1. The molecular formula is C39H35ClF2N6O6. The van der Waals surface area contributed by atoms with E-state index < -0.39 is 29.8 Å². The van der Waals surface area contributed by atoms with Crippen molar-refractivity contribution in [3.8, 4) is 17.0 Å². The van der Waals surface area contributed by atoms with E-state index in [9.17, 15) is 23.6 Å². The first-order valence-corrected chi connectivity index (χ1v) is 17.5. The highest BCUT2D eigenvalue weighted by molar-refractivity contribution is 6.37. The highest BCUT2D eigenvalue weighted by Crippen LogP contribution is 2.41. The number of methoxy groups -OCH3 is 1. The van der Waals surface area contributed by atoms with Crippen molar-refractivity contribution in [1.29, 1.82) is 0 Å². The molecule has 3 N–H and O–H groups in total. The molecule has 1 fully saturated rings. The van der Waals surface area contributed by atoms with Crippen molar-refractivity contribution >= 4 is 68.8 Å². The number of rotatable bonds is 12. The Kier molecular flexibility index (Phi) is 10.3. The first-order chi connectivity index (χ1) is 26.0. The first kappa shape index (κ1) is 36.5. The summed E-state index contributed by atoms with van der Waals surface area (Å²) in [6, 6.07) is 15.3. The quantitative estimate of drug-likeness (QED) is 0.0963. The van der Waals surface area contributed by atoms with E-state index in [1.54, 1.807) is 66.5 Å². The van der Waals surface area contributed by atoms with Crippen molar-refractivity contribution in [2.45, 2.75) is 38.5 Å². The number of halogens is 3. The van der Waals surface area contributed by atoms with Gasteiger partial charge in [0.05, 0.1) is 47.9 Å². The number of carbonyl (C=O) groups excluding carboxylic acids is 4. The van der Waals surface area contributed by atoms with Gasteiger partial charge < -0.3 is 34.9 Å². The minimum Gasteiger partial charge on any atom is -0.475 e. The molecule has 15 heteroatoms. The number of Topliss-reactive ketones (excluding diaryl/α,β-unsaturated/α-hetero) is 1. The van der Waals surface area contributed by atoms with Crippen LogP contribution in [0.1, 0.15) is 29.3 Å². The number of nitrogens with one attached hydrogen (secondary N) is 3. The Balaban J connectivity index is 1.07. The number of anilines is 4. The molecule has 0 saturated carbocycles. The van der Waals surface area contributed by atoms with Crippen LogP contribution in [0.15, 0.2) is 73.1 Å². The zero-order valence-electron chi connectivity index (χ0n) is 29.3. The normalized spacial score (nSPS) is 16.3. The molecule has 278 valence electrons. The average molecular weight is 757 g/mol. The van der Waals surface area contributed by atoms with Crippen LogP contribution in [-0.4, -0.2) is 77.0 Å². The Morgan fingerprint density at radius 2 is 1.87 bits per heavy atom. The smallest absolute Gasteiger partial charge is 0.247 e. The van der Waals surface area contributed by atoms with E-state index in [-0.39, 0.29) is 53.9 Å². The molecule has 0 bridgehead atoms. The number of ketones is 1. The summed E-state index contributed by atoms with van der Waals surface area (Å²) in [7, 11) is 1.58. The van der Waals surface area contributed by atoms with E-state index >= 15 is 4.39 Å². The minimum absolute atomic E-state index is 0.0847. The summed E-state index contributed by atoms with van der Waals surface area (Å²) in [4.78, 5) is 57.3. The molecule has 54 heavy (non-hydrogen) atoms. The van der Waals surface area contributed by atoms with Crippen LogP contribution in [0, 0.1) is 5.82 Å². The van der Waals surface area contributed by atoms with Crippen LogP contribution in [0.2, 0.25) is 5.02 Å². The zero-order valence-corrected chi connectivity index (χ0v) is 30.0. The Morgan fingerprint density at radius 3 is 2.63 bits per heavy atom. The molecule has 0 unspecified atom stereocenters. The molecule has 4 heterocycles. The van der Waals surface area contributed by atoms with Gasteiger partial charge in [0.1, 0.15) is 25.4 Å². The number of pyridine rings is 1. The molecule has 0 aliphatic carbocycles. The number of hydrogen-bond acceptors (Lipinski definition) is 8. The van der Waals surface area contributed by atoms with Crippen molar-refractivity contribution in [1.82, 2.24) is 14.5 Å². The van der Waals surface area contributed by atoms with Crippen LogP contribution in [0.4, 0.5) is 31.5 Å². The number of aromatic nitrogens is 2. The Morgan fingerprint density at radius 1 is 1.06 bits per heavy atom. The van der Waals surface area contributed by atoms with Crippen LogP contribution in [0.25, 0.3) is 22.0 Å². The van der Waals surface area contributed by atoms with Gasteiger partial charge in [0, 0.05) is 59.1 Å². The topological polar surface area (TPSA) is 144 Å². The van der Waals surface area contributed by atoms with Crippen molar-refractivity contribution in [3.05, 3.63) is 95.0 Å². The highest BCUT2D eigenvalue weighted by atomic mass is 35.5. The predicted octanol–water partition coefficient (Wildman–Crippen LogP) is 6.54. The van der Waals surface area contributed by atoms with Crippen LogP contribution < -0.4 is 20.7 Å². The van der Waals surface area contributed by atoms with E-state index in [1.165, 1.54) is 25.1 Å². The summed E-state index contributed by atoms with van der Waals surface area (Å²) >= 11 is 6.55. The average Bonchev–Trinajstić information content (AvgIpc) is 3.85. The fourth-order valence-electron chi connectivity index (χ4n) is 6.78. The van der Waals surface area contributed by atoms with Crippen LogP contribution in [0.3, 0.4) is 0 Å². The van der Waals surface area contributed by atoms with Crippen molar-refractivity contribution < 1.29 is 37.4 Å². The molecule has 2 aromatic heterocycles. The number of carbonyl (C=O) groups is 4. The molecule has 12 nitrogen and oxygen atoms in total. The SMILES string of the molecule is COCCOc1ccc(Nc2ccc3c(c2)c(C(C)=O)cn3CC(=O)N2C[C@H](F)C[C@H]2C(=O)Nc2cccc(-c3ccc4c(c3Cl)NC(=O)C4)c2F)cn1. The summed E-state index contributed by atoms with van der Waals surface area (Å²) in [5, 5.41) is 9.23. The fraction of sp³-hybridized carbons (Fsp3) is 0.256. The number of likely N-dealkylation sites (tertiary alicyclic amines) is 1. The minimum atomic E-state index is -1.48. The second-order valence-electron chi connectivity index (χ2n) is 13.0. The summed E-state index contributed by atoms with van der Waals surface area (Å²) in [5.41, 5.74) is 3.63. The molecule has 2 atom stereocenters. The summed E-state index contributed by atoms with van der Waals surface area (Å²) in [5.74, 6) is -2.09. The second-order valence-corrected chi connectivity index (χ2v) is 13.4. The highest BCUT2D eigenvalue weighted by Gasteiger charge is 2.40. The predicted molar refractivity (Wildman–Crippen MR) is 200 cm³/mol. The van der Waals surface area contributed by atoms with Crippen molar-refractivity contribution in [2.24, 2.45) is 0 Å². The van der Waals surface area contributed by atoms with Gasteiger partial charge in [-0.25, -0.2) is 13.8 Å². The van der Waals surface area contributed by atoms with E-state index in [1.807, 2.05) is 0 Å². The number of nitrogens with zero attached hydrogens (tertiary/aromatic N) is 3. The molecule has 1 saturated heterocycles. The van der Waals surface area contributed by atoms with E-state index in [0.717, 1.165) is 4.90 Å². The van der Waals surface area contributed by atoms with Gasteiger partial charge in [0.2, 0.25) is 23.6 Å². The second kappa shape index (κ2) is 15.2. The van der Waals surface area contributed by atoms with Gasteiger partial charge in [-0.2, -0.15) is 0 Å². The van der Waals surface area contributed by atoms with Gasteiger partial charge in [-0.1, -0.05) is 35.9 Å². The third kappa shape index (κ3) is 7.34. The van der Waals surface area contributed by atoms with Gasteiger partial charge in [-0.3, -0.25) is 19.2 Å². The number of fused-ring (bicyclic) bond motifs is 2. The van der Waals surface area contributed by atoms with Gasteiger partial charge in [-0.05, 0) is 42.8 Å². The molecule has 5 aromatic rings. The Bertz CT molecular complexity index is 2300. The van der Waals surface area contributed by atoms with Crippen LogP contribution in [-0.2, 0) is 32.1 Å². The molecule has 0 radical (unpaired) electrons. The summed E-state index contributed by atoms with van der Waals surface area (Å²) in [6.45, 7) is 1.62. The number of benzene rings is 3. The first-order valence-electron chi connectivity index (χ1n) is 17.1. The molecular weight excluding hydrogens is 722 g/mol. The Hall–Kier alpha value is -5.86. The summed E-state index contributed by atoms with van der Waals surface area (Å²) < 4.78 is 42.9. The van der Waals surface area contributed by atoms with Crippen molar-refractivity contribution in [3.63, 3.8) is 0 Å². The maximum atomic E-state index is 15.9. The molecule has 7 rings (SSSR count). The number of alkyl halides is 1. The van der Waals surface area contributed by atoms with Gasteiger partial charge >= 0.3 is 0 Å². The molecule has 0 spiro atoms. The fourth-order valence-corrected chi connectivity index (χ4v) is 7.12. The maximum Gasteiger partial charge on any atom is 0.247 e. The largest absolute Gasteiger partial charge is 0.475 e. The molecule has 3 aromatic carbocycles. The van der Waals surface area contributed by atoms with E-state index in [2.05, 4.69) is 20.9 Å². The van der Waals surface area contributed by atoms with Gasteiger partial charge in [-0.15, -0.1) is 0 Å². The number of ether oxygens (including phenoxy) is 2. The van der Waals surface area contributed by atoms with E-state index in [0.29, 0.717) is 63.7 Å². The standard InChI is InChI=1S/C39H35ClF2N6O6/c1-21(49)29-19-47(31-10-7-24(16-28(29)31)44-25-8-11-34(43-17-25)54-13-12-53-2)20-35(51)48-18-23(41)15-32(48)39(52)45-30-5-3-4-27(37(30)42)26-9-6-22-14-33(50)46-38(22)36(26)40/h3-11,16-17,19,23,32,44H,12-15,18,20H2,1-2H3,(H,45,52)(H,46,50)/t23-,32+/m1/s1. The van der Waals surface area contributed by atoms with Crippen molar-refractivity contribution in [2.75, 3.05) is 42.8 Å². The lowest BCUT2D eigenvalue weighted by atomic mass is 10.0. The lowest BCUT2D eigenvalue weighted by molar-refractivity contribution is -0.137. The van der Waals surface area contributed by atoms with Gasteiger partial charge in [0.25, 0.3) is 0 Å². The molecule has 3 amide bonds. The number of amides is 3. The van der Waals surface area contributed by atoms with Gasteiger partial charge in [0.15, 0.2) is 11.6 Å². The monoisotopic (exact) mass is 756 g/mol. The lowest BCUT2D eigenvalue weighted by Gasteiger charge is -2.24. The Labute approximate surface area is 313 Å². The van der Waals surface area contributed by atoms with Crippen LogP contribution in [0.5, 0.6) is 5.88 Å². The van der Waals surface area contributed by atoms with E-state index in [4.69, 9.17) is 21.1 Å². The maximum absolute atomic E-state index is 15.9. The molecule has 2 aliphatic rings. The lowest BCUT2D eigenvalue weighted by Crippen LogP contribution is -2.44. The third-order valence-corrected chi connectivity index (χ3v) is 9.78.